The largest absolute Gasteiger partial charge is 0.388 e. The van der Waals surface area contributed by atoms with Crippen molar-refractivity contribution in [3.63, 3.8) is 0 Å². The minimum atomic E-state index is -0.812. The van der Waals surface area contributed by atoms with Crippen LogP contribution >= 0.6 is 0 Å². The van der Waals surface area contributed by atoms with Gasteiger partial charge in [-0.15, -0.1) is 6.42 Å². The fourth-order valence-corrected chi connectivity index (χ4v) is 3.50. The van der Waals surface area contributed by atoms with Crippen molar-refractivity contribution in [1.29, 1.82) is 5.41 Å². The maximum Gasteiger partial charge on any atom is 0.153 e. The molecule has 0 aliphatic carbocycles. The van der Waals surface area contributed by atoms with Crippen molar-refractivity contribution >= 4 is 11.7 Å². The Kier molecular flexibility index (Phi) is 11.1. The third-order valence-corrected chi connectivity index (χ3v) is 5.45. The summed E-state index contributed by atoms with van der Waals surface area (Å²) in [5, 5.41) is 22.1. The first-order chi connectivity index (χ1) is 17.3. The molecular formula is C32H35N3O. The number of terminal acetylenes is 1. The molecule has 0 bridgehead atoms. The molecule has 0 saturated heterocycles. The number of benzene rings is 2. The lowest BCUT2D eigenvalue weighted by molar-refractivity contribution is 0.236. The number of aliphatic hydroxyl groups excluding tert-OH is 1. The molecule has 4 heteroatoms. The summed E-state index contributed by atoms with van der Waals surface area (Å²) in [5.74, 6) is 3.09. The number of aliphatic hydroxyl groups is 1. The lowest BCUT2D eigenvalue weighted by Crippen LogP contribution is -2.29. The third kappa shape index (κ3) is 7.94. The standard InChI is InChI=1S/C32H35N3O/c1-7-10-12-16-23(4)22-34-32(35-31(33)27(9-3)21-26(8-2)25(6)36)30-24(5)17-15-20-29(30)28-18-13-11-14-19-28/h2,7,9-21,25,36H,4,22H2,1,3,5-6H3,(H2,33,34,35)/b10-7-,16-12-,26-21+,27-9+. The van der Waals surface area contributed by atoms with Crippen LogP contribution in [-0.2, 0) is 0 Å². The van der Waals surface area contributed by atoms with Gasteiger partial charge in [-0.05, 0) is 56.0 Å². The van der Waals surface area contributed by atoms with Crippen molar-refractivity contribution < 1.29 is 5.11 Å². The van der Waals surface area contributed by atoms with Crippen molar-refractivity contribution in [1.82, 2.24) is 5.32 Å². The monoisotopic (exact) mass is 477 g/mol. The van der Waals surface area contributed by atoms with Crippen LogP contribution in [0.5, 0.6) is 0 Å². The summed E-state index contributed by atoms with van der Waals surface area (Å²) < 4.78 is 0. The van der Waals surface area contributed by atoms with E-state index in [0.717, 1.165) is 27.8 Å². The second-order valence-corrected chi connectivity index (χ2v) is 8.23. The van der Waals surface area contributed by atoms with Crippen molar-refractivity contribution in [2.75, 3.05) is 6.54 Å². The molecule has 0 radical (unpaired) electrons. The zero-order valence-corrected chi connectivity index (χ0v) is 21.5. The SMILES string of the molecule is C#C/C(=C\C(=C/C)C(=N)/N=C(/NCC(=C)/C=C\C=C/C)c1c(C)cccc1-c1ccccc1)C(C)O. The Morgan fingerprint density at radius 1 is 1.17 bits per heavy atom. The highest BCUT2D eigenvalue weighted by Gasteiger charge is 2.16. The molecule has 0 heterocycles. The number of hydrogen-bond acceptors (Lipinski definition) is 2. The normalized spacial score (nSPS) is 13.6. The number of aryl methyl sites for hydroxylation is 1. The molecule has 1 unspecified atom stereocenters. The quantitative estimate of drug-likeness (QED) is 0.166. The van der Waals surface area contributed by atoms with Crippen LogP contribution in [-0.4, -0.2) is 29.4 Å². The van der Waals surface area contributed by atoms with Crippen LogP contribution in [0.3, 0.4) is 0 Å². The number of hydrogen-bond donors (Lipinski definition) is 3. The van der Waals surface area contributed by atoms with E-state index in [9.17, 15) is 5.11 Å². The predicted molar refractivity (Wildman–Crippen MR) is 154 cm³/mol. The molecule has 2 aromatic rings. The van der Waals surface area contributed by atoms with Gasteiger partial charge in [-0.25, -0.2) is 4.99 Å². The van der Waals surface area contributed by atoms with Crippen LogP contribution in [0.4, 0.5) is 0 Å². The number of allylic oxidation sites excluding steroid dienone is 4. The van der Waals surface area contributed by atoms with Crippen molar-refractivity contribution in [3.05, 3.63) is 119 Å². The fraction of sp³-hybridized carbons (Fsp3) is 0.188. The lowest BCUT2D eigenvalue weighted by Gasteiger charge is -2.18. The number of rotatable bonds is 9. The van der Waals surface area contributed by atoms with Gasteiger partial charge in [0.25, 0.3) is 0 Å². The Morgan fingerprint density at radius 3 is 2.50 bits per heavy atom. The van der Waals surface area contributed by atoms with Crippen LogP contribution in [0.2, 0.25) is 0 Å². The maximum atomic E-state index is 9.95. The van der Waals surface area contributed by atoms with Gasteiger partial charge in [0.1, 0.15) is 5.84 Å². The Morgan fingerprint density at radius 2 is 1.89 bits per heavy atom. The summed E-state index contributed by atoms with van der Waals surface area (Å²) in [7, 11) is 0. The highest BCUT2D eigenvalue weighted by Crippen LogP contribution is 2.27. The average Bonchev–Trinajstić information content (AvgIpc) is 2.87. The minimum Gasteiger partial charge on any atom is -0.388 e. The number of nitrogens with zero attached hydrogens (tertiary/aromatic N) is 1. The first kappa shape index (κ1) is 28.0. The van der Waals surface area contributed by atoms with Crippen LogP contribution in [0.25, 0.3) is 11.1 Å². The van der Waals surface area contributed by atoms with Gasteiger partial charge in [0.05, 0.1) is 6.10 Å². The van der Waals surface area contributed by atoms with E-state index >= 15 is 0 Å². The highest BCUT2D eigenvalue weighted by atomic mass is 16.3. The number of aliphatic imine (C=N–C) groups is 1. The zero-order valence-electron chi connectivity index (χ0n) is 21.5. The summed E-state index contributed by atoms with van der Waals surface area (Å²) in [6.45, 7) is 12.0. The number of nitrogens with one attached hydrogen (secondary N) is 2. The van der Waals surface area contributed by atoms with E-state index in [0.29, 0.717) is 23.5 Å². The lowest BCUT2D eigenvalue weighted by atomic mass is 9.95. The van der Waals surface area contributed by atoms with E-state index in [2.05, 4.69) is 36.0 Å². The maximum absolute atomic E-state index is 9.95. The Hall–Kier alpha value is -4.20. The topological polar surface area (TPSA) is 68.5 Å². The molecule has 36 heavy (non-hydrogen) atoms. The van der Waals surface area contributed by atoms with E-state index in [4.69, 9.17) is 16.8 Å². The molecule has 0 aromatic heterocycles. The van der Waals surface area contributed by atoms with Crippen molar-refractivity contribution in [2.45, 2.75) is 33.8 Å². The molecule has 0 aliphatic heterocycles. The van der Waals surface area contributed by atoms with E-state index in [1.54, 1.807) is 19.1 Å². The van der Waals surface area contributed by atoms with Gasteiger partial charge >= 0.3 is 0 Å². The van der Waals surface area contributed by atoms with E-state index in [1.165, 1.54) is 0 Å². The molecule has 3 N–H and O–H groups in total. The van der Waals surface area contributed by atoms with Crippen LogP contribution in [0.15, 0.2) is 113 Å². The van der Waals surface area contributed by atoms with E-state index < -0.39 is 6.10 Å². The van der Waals surface area contributed by atoms with Crippen molar-refractivity contribution in [3.8, 4) is 23.5 Å². The second kappa shape index (κ2) is 14.3. The van der Waals surface area contributed by atoms with Crippen LogP contribution < -0.4 is 5.32 Å². The van der Waals surface area contributed by atoms with Gasteiger partial charge in [-0.2, -0.15) is 0 Å². The van der Waals surface area contributed by atoms with E-state index in [1.807, 2.05) is 75.4 Å². The van der Waals surface area contributed by atoms with Gasteiger partial charge in [-0.1, -0.05) is 91.4 Å². The average molecular weight is 478 g/mol. The molecule has 0 aliphatic rings. The summed E-state index contributed by atoms with van der Waals surface area (Å²) in [4.78, 5) is 4.73. The van der Waals surface area contributed by atoms with E-state index in [-0.39, 0.29) is 5.84 Å². The van der Waals surface area contributed by atoms with Crippen LogP contribution in [0, 0.1) is 24.7 Å². The summed E-state index contributed by atoms with van der Waals surface area (Å²) in [5.41, 5.74) is 5.78. The molecule has 2 aromatic carbocycles. The molecule has 4 nitrogen and oxygen atoms in total. The number of amidine groups is 2. The summed E-state index contributed by atoms with van der Waals surface area (Å²) in [6, 6.07) is 16.2. The van der Waals surface area contributed by atoms with Gasteiger partial charge < -0.3 is 10.4 Å². The molecule has 2 rings (SSSR count). The van der Waals surface area contributed by atoms with Gasteiger partial charge in [-0.3, -0.25) is 5.41 Å². The Bertz CT molecular complexity index is 1270. The Balaban J connectivity index is 2.61. The smallest absolute Gasteiger partial charge is 0.153 e. The molecule has 0 fully saturated rings. The van der Waals surface area contributed by atoms with Gasteiger partial charge in [0.2, 0.25) is 0 Å². The minimum absolute atomic E-state index is 0.0331. The predicted octanol–water partition coefficient (Wildman–Crippen LogP) is 6.55. The molecular weight excluding hydrogens is 442 g/mol. The first-order valence-corrected chi connectivity index (χ1v) is 11.9. The third-order valence-electron chi connectivity index (χ3n) is 5.45. The van der Waals surface area contributed by atoms with Crippen LogP contribution in [0.1, 0.15) is 31.9 Å². The fourth-order valence-electron chi connectivity index (χ4n) is 3.50. The summed E-state index contributed by atoms with van der Waals surface area (Å²) in [6.07, 6.45) is 15.9. The summed E-state index contributed by atoms with van der Waals surface area (Å²) >= 11 is 0. The van der Waals surface area contributed by atoms with Crippen molar-refractivity contribution in [2.24, 2.45) is 4.99 Å². The molecule has 0 amide bonds. The van der Waals surface area contributed by atoms with Gasteiger partial charge in [0, 0.05) is 23.3 Å². The Labute approximate surface area is 215 Å². The van der Waals surface area contributed by atoms with Gasteiger partial charge in [0.15, 0.2) is 5.84 Å². The molecule has 1 atom stereocenters. The highest BCUT2D eigenvalue weighted by molar-refractivity contribution is 6.14. The molecule has 0 saturated carbocycles. The first-order valence-electron chi connectivity index (χ1n) is 11.9. The molecule has 184 valence electrons. The second-order valence-electron chi connectivity index (χ2n) is 8.23. The zero-order chi connectivity index (χ0) is 26.5. The molecule has 0 spiro atoms.